The van der Waals surface area contributed by atoms with Crippen LogP contribution in [0.15, 0.2) is 0 Å². The molecule has 0 spiro atoms. The number of carbonyl (C=O) groups is 1. The molecule has 180 valence electrons. The predicted octanol–water partition coefficient (Wildman–Crippen LogP) is 5.64. The molecule has 0 saturated heterocycles. The zero-order chi connectivity index (χ0) is 22.1. The van der Waals surface area contributed by atoms with E-state index in [0.717, 1.165) is 0 Å². The van der Waals surface area contributed by atoms with E-state index in [-0.39, 0.29) is 12.6 Å². The number of esters is 1. The van der Waals surface area contributed by atoms with Crippen molar-refractivity contribution in [2.75, 3.05) is 39.5 Å². The molecule has 5 nitrogen and oxygen atoms in total. The summed E-state index contributed by atoms with van der Waals surface area (Å²) in [6.45, 7) is 7.42. The lowest BCUT2D eigenvalue weighted by Crippen LogP contribution is -2.23. The van der Waals surface area contributed by atoms with E-state index in [9.17, 15) is 4.79 Å². The third-order valence-electron chi connectivity index (χ3n) is 5.57. The fourth-order valence-corrected chi connectivity index (χ4v) is 3.63. The van der Waals surface area contributed by atoms with Crippen LogP contribution in [-0.4, -0.2) is 50.6 Å². The first kappa shape index (κ1) is 29.4. The molecule has 0 radical (unpaired) electrons. The minimum Gasteiger partial charge on any atom is -0.465 e. The van der Waals surface area contributed by atoms with Gasteiger partial charge in [-0.25, -0.2) is 0 Å². The van der Waals surface area contributed by atoms with Gasteiger partial charge >= 0.3 is 5.97 Å². The largest absolute Gasteiger partial charge is 0.465 e. The molecule has 0 aromatic heterocycles. The van der Waals surface area contributed by atoms with E-state index in [1.54, 1.807) is 0 Å². The van der Waals surface area contributed by atoms with Gasteiger partial charge in [-0.2, -0.15) is 0 Å². The Morgan fingerprint density at radius 1 is 0.800 bits per heavy atom. The Bertz CT molecular complexity index is 336. The van der Waals surface area contributed by atoms with E-state index in [2.05, 4.69) is 19.2 Å². The van der Waals surface area contributed by atoms with E-state index in [1.165, 1.54) is 89.9 Å². The molecule has 0 aromatic carbocycles. The molecule has 0 fully saturated rings. The van der Waals surface area contributed by atoms with Crippen LogP contribution in [0, 0.1) is 5.92 Å². The van der Waals surface area contributed by atoms with Gasteiger partial charge < -0.3 is 19.9 Å². The number of hydrogen-bond donors (Lipinski definition) is 2. The molecular formula is C25H51NO4. The van der Waals surface area contributed by atoms with E-state index in [0.29, 0.717) is 45.2 Å². The Balaban J connectivity index is 3.94. The second-order valence-electron chi connectivity index (χ2n) is 8.50. The van der Waals surface area contributed by atoms with Crippen LogP contribution in [0.2, 0.25) is 0 Å². The molecule has 0 rings (SSSR count). The molecule has 0 atom stereocenters. The molecule has 30 heavy (non-hydrogen) atoms. The summed E-state index contributed by atoms with van der Waals surface area (Å²) in [6, 6.07) is 0. The van der Waals surface area contributed by atoms with Gasteiger partial charge in [0, 0.05) is 13.1 Å². The van der Waals surface area contributed by atoms with E-state index in [4.69, 9.17) is 14.6 Å². The van der Waals surface area contributed by atoms with Crippen LogP contribution in [-0.2, 0) is 14.3 Å². The summed E-state index contributed by atoms with van der Waals surface area (Å²) in [7, 11) is 0. The number of unbranched alkanes of at least 4 members (excludes halogenated alkanes) is 10. The summed E-state index contributed by atoms with van der Waals surface area (Å²) in [5.74, 6) is 0.365. The normalized spacial score (nSPS) is 11.3. The molecule has 0 unspecified atom stereocenters. The van der Waals surface area contributed by atoms with Crippen LogP contribution in [0.1, 0.15) is 110 Å². The lowest BCUT2D eigenvalue weighted by Gasteiger charge is -2.17. The van der Waals surface area contributed by atoms with Crippen molar-refractivity contribution in [1.29, 1.82) is 0 Å². The molecule has 2 N–H and O–H groups in total. The maximum absolute atomic E-state index is 12.0. The second-order valence-corrected chi connectivity index (χ2v) is 8.50. The highest BCUT2D eigenvalue weighted by molar-refractivity contribution is 5.69. The van der Waals surface area contributed by atoms with Gasteiger partial charge in [0.2, 0.25) is 0 Å². The number of aliphatic hydroxyl groups is 1. The first-order valence-corrected chi connectivity index (χ1v) is 12.8. The van der Waals surface area contributed by atoms with Crippen LogP contribution in [0.3, 0.4) is 0 Å². The molecule has 0 aromatic rings. The van der Waals surface area contributed by atoms with Crippen molar-refractivity contribution in [3.63, 3.8) is 0 Å². The van der Waals surface area contributed by atoms with Crippen LogP contribution in [0.4, 0.5) is 0 Å². The number of aliphatic hydroxyl groups excluding tert-OH is 1. The van der Waals surface area contributed by atoms with Gasteiger partial charge in [-0.3, -0.25) is 4.79 Å². The molecular weight excluding hydrogens is 378 g/mol. The third kappa shape index (κ3) is 22.0. The number of ether oxygens (including phenoxy) is 2. The smallest absolute Gasteiger partial charge is 0.308 e. The number of rotatable bonds is 24. The Hall–Kier alpha value is -0.650. The van der Waals surface area contributed by atoms with Gasteiger partial charge in [0.1, 0.15) is 0 Å². The quantitative estimate of drug-likeness (QED) is 0.154. The van der Waals surface area contributed by atoms with Gasteiger partial charge in [0.25, 0.3) is 0 Å². The average Bonchev–Trinajstić information content (AvgIpc) is 2.75. The highest BCUT2D eigenvalue weighted by Crippen LogP contribution is 2.20. The molecule has 0 aliphatic carbocycles. The first-order chi connectivity index (χ1) is 14.7. The maximum atomic E-state index is 12.0. The molecule has 0 aliphatic heterocycles. The Kier molecular flexibility index (Phi) is 24.1. The summed E-state index contributed by atoms with van der Waals surface area (Å²) in [4.78, 5) is 12.0. The minimum absolute atomic E-state index is 0.130. The summed E-state index contributed by atoms with van der Waals surface area (Å²) < 4.78 is 11.0. The molecule has 0 bridgehead atoms. The first-order valence-electron chi connectivity index (χ1n) is 12.8. The average molecular weight is 430 g/mol. The molecule has 0 saturated carbocycles. The third-order valence-corrected chi connectivity index (χ3v) is 5.57. The summed E-state index contributed by atoms with van der Waals surface area (Å²) in [5, 5.41) is 11.7. The fourth-order valence-electron chi connectivity index (χ4n) is 3.63. The SMILES string of the molecule is CCCCCCCCC(CCCCCCCC)COC(=O)CCOCCNCCO. The van der Waals surface area contributed by atoms with Crippen LogP contribution >= 0.6 is 0 Å². The van der Waals surface area contributed by atoms with E-state index >= 15 is 0 Å². The number of nitrogens with one attached hydrogen (secondary N) is 1. The van der Waals surface area contributed by atoms with Crippen molar-refractivity contribution < 1.29 is 19.4 Å². The maximum Gasteiger partial charge on any atom is 0.308 e. The number of carbonyl (C=O) groups excluding carboxylic acids is 1. The van der Waals surface area contributed by atoms with Gasteiger partial charge in [-0.1, -0.05) is 90.9 Å². The van der Waals surface area contributed by atoms with Gasteiger partial charge in [0.05, 0.1) is 32.8 Å². The standard InChI is InChI=1S/C25H51NO4/c1-3-5-7-9-11-13-15-24(16-14-12-10-8-6-4-2)23-30-25(28)17-21-29-22-19-26-18-20-27/h24,26-27H,3-23H2,1-2H3. The molecule has 0 aliphatic rings. The predicted molar refractivity (Wildman–Crippen MR) is 126 cm³/mol. The highest BCUT2D eigenvalue weighted by Gasteiger charge is 2.12. The van der Waals surface area contributed by atoms with Gasteiger partial charge in [-0.05, 0) is 18.8 Å². The van der Waals surface area contributed by atoms with E-state index in [1.807, 2.05) is 0 Å². The molecule has 5 heteroatoms. The van der Waals surface area contributed by atoms with Crippen molar-refractivity contribution in [1.82, 2.24) is 5.32 Å². The van der Waals surface area contributed by atoms with Gasteiger partial charge in [0.15, 0.2) is 0 Å². The minimum atomic E-state index is -0.144. The monoisotopic (exact) mass is 429 g/mol. The van der Waals surface area contributed by atoms with E-state index < -0.39 is 0 Å². The van der Waals surface area contributed by atoms with Gasteiger partial charge in [-0.15, -0.1) is 0 Å². The highest BCUT2D eigenvalue weighted by atomic mass is 16.5. The van der Waals surface area contributed by atoms with Crippen molar-refractivity contribution >= 4 is 5.97 Å². The van der Waals surface area contributed by atoms with Crippen molar-refractivity contribution in [2.45, 2.75) is 110 Å². The Labute approximate surface area is 186 Å². The van der Waals surface area contributed by atoms with Crippen molar-refractivity contribution in [3.8, 4) is 0 Å². The fraction of sp³-hybridized carbons (Fsp3) is 0.960. The Morgan fingerprint density at radius 2 is 1.37 bits per heavy atom. The van der Waals surface area contributed by atoms with Crippen molar-refractivity contribution in [3.05, 3.63) is 0 Å². The van der Waals surface area contributed by atoms with Crippen LogP contribution in [0.5, 0.6) is 0 Å². The lowest BCUT2D eigenvalue weighted by atomic mass is 9.95. The summed E-state index contributed by atoms with van der Waals surface area (Å²) >= 11 is 0. The summed E-state index contributed by atoms with van der Waals surface area (Å²) in [6.07, 6.45) is 18.4. The van der Waals surface area contributed by atoms with Crippen LogP contribution < -0.4 is 5.32 Å². The zero-order valence-electron chi connectivity index (χ0n) is 20.1. The summed E-state index contributed by atoms with van der Waals surface area (Å²) in [5.41, 5.74) is 0. The molecule has 0 amide bonds. The zero-order valence-corrected chi connectivity index (χ0v) is 20.1. The Morgan fingerprint density at radius 3 is 1.93 bits per heavy atom. The van der Waals surface area contributed by atoms with Crippen molar-refractivity contribution in [2.24, 2.45) is 5.92 Å². The van der Waals surface area contributed by atoms with Crippen LogP contribution in [0.25, 0.3) is 0 Å². The number of hydrogen-bond acceptors (Lipinski definition) is 5. The second kappa shape index (κ2) is 24.6. The molecule has 0 heterocycles. The lowest BCUT2D eigenvalue weighted by molar-refractivity contribution is -0.146. The topological polar surface area (TPSA) is 67.8 Å².